The molecule has 0 saturated carbocycles. The summed E-state index contributed by atoms with van der Waals surface area (Å²) in [5, 5.41) is 2.98. The van der Waals surface area contributed by atoms with Gasteiger partial charge in [-0.25, -0.2) is 0 Å². The van der Waals surface area contributed by atoms with Gasteiger partial charge < -0.3 is 5.32 Å². The molecule has 1 rings (SSSR count). The van der Waals surface area contributed by atoms with Gasteiger partial charge in [-0.1, -0.05) is 19.1 Å². The van der Waals surface area contributed by atoms with E-state index in [1.165, 1.54) is 12.1 Å². The molecule has 0 saturated heterocycles. The van der Waals surface area contributed by atoms with Crippen LogP contribution in [-0.2, 0) is 6.18 Å². The van der Waals surface area contributed by atoms with E-state index in [1.54, 1.807) is 13.1 Å². The van der Waals surface area contributed by atoms with Gasteiger partial charge in [0, 0.05) is 6.04 Å². The van der Waals surface area contributed by atoms with Gasteiger partial charge in [0.25, 0.3) is 0 Å². The summed E-state index contributed by atoms with van der Waals surface area (Å²) in [7, 11) is 1.74. The second-order valence-corrected chi connectivity index (χ2v) is 3.37. The Morgan fingerprint density at radius 2 is 2.00 bits per heavy atom. The molecule has 0 fully saturated rings. The molecular weight excluding hydrogens is 203 g/mol. The van der Waals surface area contributed by atoms with Gasteiger partial charge in [0.05, 0.1) is 5.56 Å². The summed E-state index contributed by atoms with van der Waals surface area (Å²) in [6.07, 6.45) is -3.50. The van der Waals surface area contributed by atoms with Crippen molar-refractivity contribution in [3.63, 3.8) is 0 Å². The van der Waals surface area contributed by atoms with E-state index >= 15 is 0 Å². The molecule has 1 aromatic carbocycles. The van der Waals surface area contributed by atoms with Crippen LogP contribution in [0.4, 0.5) is 13.2 Å². The van der Waals surface area contributed by atoms with E-state index in [9.17, 15) is 13.2 Å². The van der Waals surface area contributed by atoms with Gasteiger partial charge in [0.15, 0.2) is 0 Å². The molecule has 0 bridgehead atoms. The van der Waals surface area contributed by atoms with Gasteiger partial charge in [0.2, 0.25) is 0 Å². The van der Waals surface area contributed by atoms with Crippen molar-refractivity contribution in [2.24, 2.45) is 0 Å². The molecule has 0 aliphatic heterocycles. The lowest BCUT2D eigenvalue weighted by Crippen LogP contribution is -2.16. The van der Waals surface area contributed by atoms with Crippen LogP contribution in [0, 0.1) is 0 Å². The lowest BCUT2D eigenvalue weighted by atomic mass is 10.0. The van der Waals surface area contributed by atoms with Crippen LogP contribution in [0.2, 0.25) is 0 Å². The highest BCUT2D eigenvalue weighted by atomic mass is 19.4. The van der Waals surface area contributed by atoms with E-state index in [1.807, 2.05) is 6.92 Å². The highest BCUT2D eigenvalue weighted by molar-refractivity contribution is 5.27. The monoisotopic (exact) mass is 217 g/mol. The number of halogens is 3. The molecule has 0 spiro atoms. The maximum atomic E-state index is 12.4. The first-order valence-corrected chi connectivity index (χ1v) is 4.83. The number of alkyl halides is 3. The van der Waals surface area contributed by atoms with Crippen LogP contribution < -0.4 is 5.32 Å². The zero-order chi connectivity index (χ0) is 11.5. The van der Waals surface area contributed by atoms with E-state index in [0.717, 1.165) is 12.5 Å². The zero-order valence-corrected chi connectivity index (χ0v) is 8.73. The van der Waals surface area contributed by atoms with Crippen LogP contribution in [0.3, 0.4) is 0 Å². The molecule has 0 unspecified atom stereocenters. The molecule has 1 nitrogen and oxygen atoms in total. The number of nitrogens with one attached hydrogen (secondary N) is 1. The molecule has 1 atom stereocenters. The highest BCUT2D eigenvalue weighted by Crippen LogP contribution is 2.31. The number of hydrogen-bond acceptors (Lipinski definition) is 1. The third-order valence-electron chi connectivity index (χ3n) is 2.37. The first kappa shape index (κ1) is 12.0. The summed E-state index contributed by atoms with van der Waals surface area (Å²) in [4.78, 5) is 0. The van der Waals surface area contributed by atoms with E-state index in [4.69, 9.17) is 0 Å². The molecule has 0 aliphatic carbocycles. The largest absolute Gasteiger partial charge is 0.416 e. The van der Waals surface area contributed by atoms with Gasteiger partial charge in [0.1, 0.15) is 0 Å². The Bertz CT molecular complexity index is 316. The van der Waals surface area contributed by atoms with Crippen LogP contribution in [0.25, 0.3) is 0 Å². The standard InChI is InChI=1S/C11H14F3N/c1-3-10(15-2)8-5-4-6-9(7-8)11(12,13)14/h4-7,10,15H,3H2,1-2H3/t10-/m0/s1. The van der Waals surface area contributed by atoms with Crippen molar-refractivity contribution in [2.75, 3.05) is 7.05 Å². The predicted molar refractivity (Wildman–Crippen MR) is 53.5 cm³/mol. The molecule has 4 heteroatoms. The second kappa shape index (κ2) is 4.66. The minimum atomic E-state index is -4.26. The maximum Gasteiger partial charge on any atom is 0.416 e. The Balaban J connectivity index is 3.02. The Morgan fingerprint density at radius 3 is 2.47 bits per heavy atom. The molecule has 1 aromatic rings. The van der Waals surface area contributed by atoms with Gasteiger partial charge in [-0.3, -0.25) is 0 Å². The van der Waals surface area contributed by atoms with E-state index in [-0.39, 0.29) is 6.04 Å². The van der Waals surface area contributed by atoms with Crippen LogP contribution in [0.1, 0.15) is 30.5 Å². The summed E-state index contributed by atoms with van der Waals surface area (Å²) >= 11 is 0. The molecule has 0 aromatic heterocycles. The Kier molecular flexibility index (Phi) is 3.74. The highest BCUT2D eigenvalue weighted by Gasteiger charge is 2.30. The van der Waals surface area contributed by atoms with Crippen molar-refractivity contribution in [1.29, 1.82) is 0 Å². The fourth-order valence-electron chi connectivity index (χ4n) is 1.54. The Hall–Kier alpha value is -1.03. The number of hydrogen-bond donors (Lipinski definition) is 1. The van der Waals surface area contributed by atoms with Crippen LogP contribution in [0.5, 0.6) is 0 Å². The van der Waals surface area contributed by atoms with Crippen molar-refractivity contribution in [2.45, 2.75) is 25.6 Å². The third-order valence-corrected chi connectivity index (χ3v) is 2.37. The van der Waals surface area contributed by atoms with Crippen molar-refractivity contribution >= 4 is 0 Å². The maximum absolute atomic E-state index is 12.4. The predicted octanol–water partition coefficient (Wildman–Crippen LogP) is 3.38. The minimum Gasteiger partial charge on any atom is -0.313 e. The lowest BCUT2D eigenvalue weighted by Gasteiger charge is -2.16. The summed E-state index contributed by atoms with van der Waals surface area (Å²) in [6.45, 7) is 1.93. The Morgan fingerprint density at radius 1 is 1.33 bits per heavy atom. The number of rotatable bonds is 3. The van der Waals surface area contributed by atoms with Gasteiger partial charge in [-0.2, -0.15) is 13.2 Å². The van der Waals surface area contributed by atoms with Crippen molar-refractivity contribution in [3.05, 3.63) is 35.4 Å². The molecular formula is C11H14F3N. The molecule has 0 amide bonds. The Labute approximate surface area is 87.3 Å². The lowest BCUT2D eigenvalue weighted by molar-refractivity contribution is -0.137. The first-order valence-electron chi connectivity index (χ1n) is 4.83. The SMILES string of the molecule is CC[C@H](NC)c1cccc(C(F)(F)F)c1. The fourth-order valence-corrected chi connectivity index (χ4v) is 1.54. The molecule has 84 valence electrons. The smallest absolute Gasteiger partial charge is 0.313 e. The topological polar surface area (TPSA) is 12.0 Å². The van der Waals surface area contributed by atoms with Crippen LogP contribution in [0.15, 0.2) is 24.3 Å². The molecule has 1 N–H and O–H groups in total. The van der Waals surface area contributed by atoms with Crippen LogP contribution >= 0.6 is 0 Å². The van der Waals surface area contributed by atoms with E-state index < -0.39 is 11.7 Å². The first-order chi connectivity index (χ1) is 6.99. The van der Waals surface area contributed by atoms with E-state index in [2.05, 4.69) is 5.32 Å². The quantitative estimate of drug-likeness (QED) is 0.818. The molecule has 0 radical (unpaired) electrons. The molecule has 0 heterocycles. The average molecular weight is 217 g/mol. The second-order valence-electron chi connectivity index (χ2n) is 3.37. The van der Waals surface area contributed by atoms with Crippen molar-refractivity contribution < 1.29 is 13.2 Å². The van der Waals surface area contributed by atoms with Crippen molar-refractivity contribution in [3.8, 4) is 0 Å². The van der Waals surface area contributed by atoms with E-state index in [0.29, 0.717) is 5.56 Å². The summed E-state index contributed by atoms with van der Waals surface area (Å²) in [5.74, 6) is 0. The van der Waals surface area contributed by atoms with Crippen molar-refractivity contribution in [1.82, 2.24) is 5.32 Å². The molecule has 0 aliphatic rings. The van der Waals surface area contributed by atoms with Gasteiger partial charge >= 0.3 is 6.18 Å². The normalized spacial score (nSPS) is 13.9. The summed E-state index contributed by atoms with van der Waals surface area (Å²) in [6, 6.07) is 5.42. The summed E-state index contributed by atoms with van der Waals surface area (Å²) < 4.78 is 37.3. The molecule has 15 heavy (non-hydrogen) atoms. The average Bonchev–Trinajstić information content (AvgIpc) is 2.19. The minimum absolute atomic E-state index is 0.0210. The third kappa shape index (κ3) is 2.96. The zero-order valence-electron chi connectivity index (χ0n) is 8.73. The van der Waals surface area contributed by atoms with Gasteiger partial charge in [-0.05, 0) is 31.2 Å². The fraction of sp³-hybridized carbons (Fsp3) is 0.455. The number of benzene rings is 1. The van der Waals surface area contributed by atoms with Gasteiger partial charge in [-0.15, -0.1) is 0 Å². The summed E-state index contributed by atoms with van der Waals surface area (Å²) in [5.41, 5.74) is 0.0866. The van der Waals surface area contributed by atoms with Crippen LogP contribution in [-0.4, -0.2) is 7.05 Å².